The minimum Gasteiger partial charge on any atom is -0.369 e. The number of nitrogens with two attached hydrogens (primary N) is 1. The molecule has 0 spiro atoms. The predicted octanol–water partition coefficient (Wildman–Crippen LogP) is 0.699. The number of amides is 2. The fraction of sp³-hybridized carbons (Fsp3) is 0.400. The fourth-order valence-corrected chi connectivity index (χ4v) is 2.82. The fourth-order valence-electron chi connectivity index (χ4n) is 2.82. The first kappa shape index (κ1) is 14.5. The minimum atomic E-state index is -0.289. The molecule has 2 amide bonds. The van der Waals surface area contributed by atoms with Gasteiger partial charge in [0.05, 0.1) is 23.5 Å². The van der Waals surface area contributed by atoms with Crippen LogP contribution in [0.3, 0.4) is 0 Å². The number of carbonyl (C=O) groups excluding carboxylic acids is 2. The van der Waals surface area contributed by atoms with E-state index >= 15 is 0 Å². The van der Waals surface area contributed by atoms with Gasteiger partial charge in [-0.2, -0.15) is 0 Å². The number of aromatic nitrogens is 2. The Morgan fingerprint density at radius 2 is 2.23 bits per heavy atom. The third-order valence-electron chi connectivity index (χ3n) is 3.92. The van der Waals surface area contributed by atoms with Gasteiger partial charge in [0.15, 0.2) is 0 Å². The normalized spacial score (nSPS) is 19.2. The van der Waals surface area contributed by atoms with E-state index in [1.165, 1.54) is 0 Å². The second-order valence-corrected chi connectivity index (χ2v) is 5.63. The number of anilines is 1. The molecule has 0 saturated carbocycles. The highest BCUT2D eigenvalue weighted by Crippen LogP contribution is 2.16. The highest BCUT2D eigenvalue weighted by Gasteiger charge is 2.25. The Morgan fingerprint density at radius 3 is 3.00 bits per heavy atom. The zero-order chi connectivity index (χ0) is 15.5. The average molecular weight is 301 g/mol. The maximum absolute atomic E-state index is 12.1. The van der Waals surface area contributed by atoms with Crippen LogP contribution in [0.4, 0.5) is 5.95 Å². The van der Waals surface area contributed by atoms with Gasteiger partial charge in [-0.25, -0.2) is 4.98 Å². The number of nitrogens with one attached hydrogen (secondary N) is 2. The maximum atomic E-state index is 12.1. The molecular weight excluding hydrogens is 282 g/mol. The molecule has 0 radical (unpaired) electrons. The van der Waals surface area contributed by atoms with E-state index < -0.39 is 0 Å². The first-order valence-corrected chi connectivity index (χ1v) is 7.38. The van der Waals surface area contributed by atoms with Gasteiger partial charge in [0.25, 0.3) is 0 Å². The molecule has 1 saturated heterocycles. The first-order chi connectivity index (χ1) is 10.6. The second kappa shape index (κ2) is 6.15. The molecule has 3 rings (SSSR count). The molecule has 1 unspecified atom stereocenters. The van der Waals surface area contributed by atoms with Crippen LogP contribution in [0, 0.1) is 5.92 Å². The number of benzene rings is 1. The third-order valence-corrected chi connectivity index (χ3v) is 3.92. The molecular formula is C15H19N5O2. The first-order valence-electron chi connectivity index (χ1n) is 7.38. The molecule has 1 aromatic carbocycles. The van der Waals surface area contributed by atoms with E-state index in [1.54, 1.807) is 0 Å². The van der Waals surface area contributed by atoms with Crippen LogP contribution in [-0.2, 0) is 9.59 Å². The number of imidazole rings is 1. The van der Waals surface area contributed by atoms with E-state index in [0.29, 0.717) is 12.5 Å². The Kier molecular flexibility index (Phi) is 4.06. The number of carbonyl (C=O) groups is 2. The van der Waals surface area contributed by atoms with Crippen molar-refractivity contribution < 1.29 is 9.59 Å². The van der Waals surface area contributed by atoms with Gasteiger partial charge in [-0.15, -0.1) is 0 Å². The van der Waals surface area contributed by atoms with E-state index in [9.17, 15) is 9.59 Å². The summed E-state index contributed by atoms with van der Waals surface area (Å²) in [7, 11) is 0. The van der Waals surface area contributed by atoms with Crippen molar-refractivity contribution in [3.63, 3.8) is 0 Å². The quantitative estimate of drug-likeness (QED) is 0.773. The Hall–Kier alpha value is -2.41. The van der Waals surface area contributed by atoms with E-state index in [-0.39, 0.29) is 24.3 Å². The number of primary amides is 1. The zero-order valence-corrected chi connectivity index (χ0v) is 12.2. The monoisotopic (exact) mass is 301 g/mol. The molecule has 4 N–H and O–H groups in total. The van der Waals surface area contributed by atoms with Gasteiger partial charge in [-0.3, -0.25) is 19.8 Å². The number of nitrogens with zero attached hydrogens (tertiary/aromatic N) is 2. The lowest BCUT2D eigenvalue weighted by Gasteiger charge is -2.30. The van der Waals surface area contributed by atoms with E-state index in [2.05, 4.69) is 15.3 Å². The van der Waals surface area contributed by atoms with Crippen LogP contribution in [-0.4, -0.2) is 46.3 Å². The van der Waals surface area contributed by atoms with E-state index in [4.69, 9.17) is 5.73 Å². The van der Waals surface area contributed by atoms with Crippen LogP contribution in [0.5, 0.6) is 0 Å². The van der Waals surface area contributed by atoms with Crippen molar-refractivity contribution in [2.75, 3.05) is 25.0 Å². The molecule has 0 bridgehead atoms. The molecule has 1 aromatic heterocycles. The van der Waals surface area contributed by atoms with Crippen molar-refractivity contribution >= 4 is 28.8 Å². The van der Waals surface area contributed by atoms with Crippen molar-refractivity contribution in [2.45, 2.75) is 12.8 Å². The summed E-state index contributed by atoms with van der Waals surface area (Å²) in [6.07, 6.45) is 1.68. The SMILES string of the molecule is NC(=O)C1CCCN(CC(=O)Nc2nc3ccccc3[nH]2)C1. The second-order valence-electron chi connectivity index (χ2n) is 5.63. The van der Waals surface area contributed by atoms with Gasteiger partial charge < -0.3 is 10.7 Å². The highest BCUT2D eigenvalue weighted by molar-refractivity contribution is 5.92. The van der Waals surface area contributed by atoms with Gasteiger partial charge in [0.2, 0.25) is 17.8 Å². The van der Waals surface area contributed by atoms with Crippen LogP contribution in [0.2, 0.25) is 0 Å². The summed E-state index contributed by atoms with van der Waals surface area (Å²) in [5.74, 6) is -0.158. The molecule has 2 heterocycles. The Bertz CT molecular complexity index is 663. The number of piperidine rings is 1. The molecule has 7 heteroatoms. The number of likely N-dealkylation sites (tertiary alicyclic amines) is 1. The third kappa shape index (κ3) is 3.25. The Balaban J connectivity index is 1.59. The average Bonchev–Trinajstić information content (AvgIpc) is 2.89. The number of aromatic amines is 1. The van der Waals surface area contributed by atoms with Crippen molar-refractivity contribution in [1.82, 2.24) is 14.9 Å². The molecule has 2 aromatic rings. The predicted molar refractivity (Wildman–Crippen MR) is 83.1 cm³/mol. The van der Waals surface area contributed by atoms with Crippen molar-refractivity contribution in [1.29, 1.82) is 0 Å². The lowest BCUT2D eigenvalue weighted by molar-refractivity contribution is -0.125. The van der Waals surface area contributed by atoms with Crippen LogP contribution in [0.1, 0.15) is 12.8 Å². The number of H-pyrrole nitrogens is 1. The number of fused-ring (bicyclic) bond motifs is 1. The Morgan fingerprint density at radius 1 is 1.41 bits per heavy atom. The van der Waals surface area contributed by atoms with Gasteiger partial charge in [-0.1, -0.05) is 12.1 Å². The van der Waals surface area contributed by atoms with Crippen molar-refractivity contribution in [3.8, 4) is 0 Å². The summed E-state index contributed by atoms with van der Waals surface area (Å²) >= 11 is 0. The number of hydrogen-bond acceptors (Lipinski definition) is 4. The van der Waals surface area contributed by atoms with Crippen LogP contribution >= 0.6 is 0 Å². The Labute approximate surface area is 127 Å². The molecule has 1 atom stereocenters. The summed E-state index contributed by atoms with van der Waals surface area (Å²) < 4.78 is 0. The minimum absolute atomic E-state index is 0.149. The molecule has 22 heavy (non-hydrogen) atoms. The molecule has 0 aliphatic carbocycles. The van der Waals surface area contributed by atoms with Crippen LogP contribution < -0.4 is 11.1 Å². The summed E-state index contributed by atoms with van der Waals surface area (Å²) in [5, 5.41) is 2.76. The lowest BCUT2D eigenvalue weighted by Crippen LogP contribution is -2.44. The molecule has 1 aliphatic heterocycles. The van der Waals surface area contributed by atoms with E-state index in [1.807, 2.05) is 29.2 Å². The molecule has 1 fully saturated rings. The highest BCUT2D eigenvalue weighted by atomic mass is 16.2. The van der Waals surface area contributed by atoms with Gasteiger partial charge in [0.1, 0.15) is 0 Å². The topological polar surface area (TPSA) is 104 Å². The van der Waals surface area contributed by atoms with Gasteiger partial charge in [-0.05, 0) is 31.5 Å². The summed E-state index contributed by atoms with van der Waals surface area (Å²) in [4.78, 5) is 32.7. The number of rotatable bonds is 4. The summed E-state index contributed by atoms with van der Waals surface area (Å²) in [6, 6.07) is 7.58. The van der Waals surface area contributed by atoms with Crippen molar-refractivity contribution in [2.24, 2.45) is 11.7 Å². The maximum Gasteiger partial charge on any atom is 0.240 e. The summed E-state index contributed by atoms with van der Waals surface area (Å²) in [6.45, 7) is 1.58. The largest absolute Gasteiger partial charge is 0.369 e. The molecule has 7 nitrogen and oxygen atoms in total. The number of para-hydroxylation sites is 2. The van der Waals surface area contributed by atoms with Crippen molar-refractivity contribution in [3.05, 3.63) is 24.3 Å². The standard InChI is InChI=1S/C15H19N5O2/c16-14(22)10-4-3-7-20(8-10)9-13(21)19-15-17-11-5-1-2-6-12(11)18-15/h1-2,5-6,10H,3-4,7-9H2,(H2,16,22)(H2,17,18,19,21). The van der Waals surface area contributed by atoms with E-state index in [0.717, 1.165) is 30.4 Å². The van der Waals surface area contributed by atoms with Gasteiger partial charge >= 0.3 is 0 Å². The van der Waals surface area contributed by atoms with Crippen LogP contribution in [0.15, 0.2) is 24.3 Å². The van der Waals surface area contributed by atoms with Crippen LogP contribution in [0.25, 0.3) is 11.0 Å². The lowest BCUT2D eigenvalue weighted by atomic mass is 9.97. The number of hydrogen-bond donors (Lipinski definition) is 3. The van der Waals surface area contributed by atoms with Gasteiger partial charge in [0, 0.05) is 6.54 Å². The zero-order valence-electron chi connectivity index (χ0n) is 12.2. The smallest absolute Gasteiger partial charge is 0.240 e. The molecule has 116 valence electrons. The molecule has 1 aliphatic rings. The summed E-state index contributed by atoms with van der Waals surface area (Å²) in [5.41, 5.74) is 7.03.